The molecule has 0 aliphatic carbocycles. The lowest BCUT2D eigenvalue weighted by Crippen LogP contribution is -2.52. The van der Waals surface area contributed by atoms with E-state index in [2.05, 4.69) is 27.3 Å². The number of pyridine rings is 1. The summed E-state index contributed by atoms with van der Waals surface area (Å²) >= 11 is 6.45. The number of nitrogens with zero attached hydrogens (tertiary/aromatic N) is 3. The molecule has 2 aromatic carbocycles. The molecule has 1 N–H and O–H groups in total. The first-order chi connectivity index (χ1) is 17.8. The second-order valence-corrected chi connectivity index (χ2v) is 10.5. The summed E-state index contributed by atoms with van der Waals surface area (Å²) in [6.45, 7) is 4.81. The molecule has 2 fully saturated rings. The quantitative estimate of drug-likeness (QED) is 0.519. The number of rotatable bonds is 5. The fourth-order valence-corrected chi connectivity index (χ4v) is 5.87. The SMILES string of the molecule is Cc1cc(Cl)c2cc(CN3CC[C@H](Oc4ccc5c(c4)CN(C4CCC(=O)NC4=O)C5=O)C3)ccc2n1. The highest BCUT2D eigenvalue weighted by Crippen LogP contribution is 2.31. The average molecular weight is 519 g/mol. The highest BCUT2D eigenvalue weighted by atomic mass is 35.5. The van der Waals surface area contributed by atoms with Crippen LogP contribution < -0.4 is 10.1 Å². The van der Waals surface area contributed by atoms with E-state index in [1.165, 1.54) is 5.56 Å². The molecule has 2 saturated heterocycles. The summed E-state index contributed by atoms with van der Waals surface area (Å²) in [5.41, 5.74) is 4.43. The van der Waals surface area contributed by atoms with Crippen molar-refractivity contribution in [2.45, 2.75) is 51.4 Å². The van der Waals surface area contributed by atoms with Crippen molar-refractivity contribution in [2.75, 3.05) is 13.1 Å². The molecule has 0 bridgehead atoms. The van der Waals surface area contributed by atoms with Crippen LogP contribution in [0.25, 0.3) is 10.9 Å². The van der Waals surface area contributed by atoms with Crippen molar-refractivity contribution in [1.82, 2.24) is 20.1 Å². The minimum absolute atomic E-state index is 0.0507. The summed E-state index contributed by atoms with van der Waals surface area (Å²) < 4.78 is 6.30. The summed E-state index contributed by atoms with van der Waals surface area (Å²) in [4.78, 5) is 45.2. The van der Waals surface area contributed by atoms with Crippen molar-refractivity contribution in [1.29, 1.82) is 0 Å². The second kappa shape index (κ2) is 9.43. The molecule has 6 rings (SSSR count). The fourth-order valence-electron chi connectivity index (χ4n) is 5.57. The third-order valence-electron chi connectivity index (χ3n) is 7.38. The maximum atomic E-state index is 12.9. The maximum Gasteiger partial charge on any atom is 0.255 e. The first-order valence-electron chi connectivity index (χ1n) is 12.6. The summed E-state index contributed by atoms with van der Waals surface area (Å²) in [5.74, 6) is -0.144. The first-order valence-corrected chi connectivity index (χ1v) is 12.9. The fraction of sp³-hybridized carbons (Fsp3) is 0.357. The Labute approximate surface area is 219 Å². The van der Waals surface area contributed by atoms with Crippen LogP contribution in [0.2, 0.25) is 5.02 Å². The summed E-state index contributed by atoms with van der Waals surface area (Å²) in [5, 5.41) is 4.03. The molecule has 8 nitrogen and oxygen atoms in total. The molecular formula is C28H27ClN4O4. The van der Waals surface area contributed by atoms with Gasteiger partial charge in [-0.1, -0.05) is 17.7 Å². The Bertz CT molecular complexity index is 1440. The molecule has 0 spiro atoms. The van der Waals surface area contributed by atoms with Gasteiger partial charge in [-0.05, 0) is 67.3 Å². The number of aryl methyl sites for hydroxylation is 1. The Morgan fingerprint density at radius 1 is 1.11 bits per heavy atom. The number of hydrogen-bond donors (Lipinski definition) is 1. The molecule has 0 radical (unpaired) electrons. The summed E-state index contributed by atoms with van der Waals surface area (Å²) in [6, 6.07) is 13.0. The molecule has 0 saturated carbocycles. The van der Waals surface area contributed by atoms with Crippen molar-refractivity contribution in [3.05, 3.63) is 69.9 Å². The van der Waals surface area contributed by atoms with Gasteiger partial charge < -0.3 is 9.64 Å². The maximum absolute atomic E-state index is 12.9. The van der Waals surface area contributed by atoms with E-state index in [4.69, 9.17) is 16.3 Å². The van der Waals surface area contributed by atoms with Crippen molar-refractivity contribution < 1.29 is 19.1 Å². The number of likely N-dealkylation sites (tertiary alicyclic amines) is 1. The van der Waals surface area contributed by atoms with Gasteiger partial charge in [0.2, 0.25) is 11.8 Å². The van der Waals surface area contributed by atoms with Crippen LogP contribution in [0.15, 0.2) is 42.5 Å². The molecular weight excluding hydrogens is 492 g/mol. The molecule has 37 heavy (non-hydrogen) atoms. The van der Waals surface area contributed by atoms with Gasteiger partial charge >= 0.3 is 0 Å². The van der Waals surface area contributed by atoms with Gasteiger partial charge in [0, 0.05) is 49.2 Å². The topological polar surface area (TPSA) is 91.8 Å². The number of halogens is 1. The highest BCUT2D eigenvalue weighted by molar-refractivity contribution is 6.35. The van der Waals surface area contributed by atoms with E-state index >= 15 is 0 Å². The van der Waals surface area contributed by atoms with Crippen LogP contribution in [0.1, 0.15) is 46.4 Å². The molecule has 3 aliphatic heterocycles. The van der Waals surface area contributed by atoms with Gasteiger partial charge in [0.15, 0.2) is 0 Å². The third kappa shape index (κ3) is 4.67. The largest absolute Gasteiger partial charge is 0.489 e. The number of aromatic nitrogens is 1. The van der Waals surface area contributed by atoms with Gasteiger partial charge in [0.1, 0.15) is 17.9 Å². The van der Waals surface area contributed by atoms with Gasteiger partial charge in [-0.3, -0.25) is 29.6 Å². The van der Waals surface area contributed by atoms with Crippen molar-refractivity contribution in [2.24, 2.45) is 0 Å². The molecule has 3 aromatic rings. The lowest BCUT2D eigenvalue weighted by molar-refractivity contribution is -0.136. The highest BCUT2D eigenvalue weighted by Gasteiger charge is 2.39. The molecule has 1 unspecified atom stereocenters. The minimum Gasteiger partial charge on any atom is -0.489 e. The number of piperidine rings is 1. The van der Waals surface area contributed by atoms with E-state index in [0.717, 1.165) is 59.0 Å². The van der Waals surface area contributed by atoms with Gasteiger partial charge in [-0.15, -0.1) is 0 Å². The Morgan fingerprint density at radius 3 is 2.81 bits per heavy atom. The zero-order valence-corrected chi connectivity index (χ0v) is 21.3. The number of carbonyl (C=O) groups excluding carboxylic acids is 3. The van der Waals surface area contributed by atoms with Crippen LogP contribution in [0, 0.1) is 6.92 Å². The van der Waals surface area contributed by atoms with Crippen molar-refractivity contribution in [3.8, 4) is 5.75 Å². The Morgan fingerprint density at radius 2 is 1.97 bits per heavy atom. The number of imide groups is 1. The Kier molecular flexibility index (Phi) is 6.09. The van der Waals surface area contributed by atoms with Gasteiger partial charge in [0.05, 0.1) is 10.5 Å². The molecule has 1 aromatic heterocycles. The molecule has 190 valence electrons. The third-order valence-corrected chi connectivity index (χ3v) is 7.70. The van der Waals surface area contributed by atoms with E-state index in [1.54, 1.807) is 11.0 Å². The number of carbonyl (C=O) groups is 3. The van der Waals surface area contributed by atoms with Crippen LogP contribution >= 0.6 is 11.6 Å². The van der Waals surface area contributed by atoms with E-state index in [0.29, 0.717) is 18.5 Å². The van der Waals surface area contributed by atoms with E-state index in [1.807, 2.05) is 31.2 Å². The van der Waals surface area contributed by atoms with E-state index in [-0.39, 0.29) is 24.3 Å². The summed E-state index contributed by atoms with van der Waals surface area (Å²) in [6.07, 6.45) is 1.56. The first kappa shape index (κ1) is 23.9. The van der Waals surface area contributed by atoms with E-state index < -0.39 is 11.9 Å². The molecule has 9 heteroatoms. The Hall–Kier alpha value is -3.49. The summed E-state index contributed by atoms with van der Waals surface area (Å²) in [7, 11) is 0. The zero-order valence-electron chi connectivity index (χ0n) is 20.5. The lowest BCUT2D eigenvalue weighted by Gasteiger charge is -2.29. The van der Waals surface area contributed by atoms with Gasteiger partial charge in [-0.2, -0.15) is 0 Å². The molecule has 3 aliphatic rings. The number of amides is 3. The minimum atomic E-state index is -0.616. The van der Waals surface area contributed by atoms with Gasteiger partial charge in [-0.25, -0.2) is 0 Å². The predicted molar refractivity (Wildman–Crippen MR) is 138 cm³/mol. The number of fused-ring (bicyclic) bond motifs is 2. The predicted octanol–water partition coefficient (Wildman–Crippen LogP) is 3.61. The number of ether oxygens (including phenoxy) is 1. The number of hydrogen-bond acceptors (Lipinski definition) is 6. The Balaban J connectivity index is 1.09. The zero-order chi connectivity index (χ0) is 25.7. The monoisotopic (exact) mass is 518 g/mol. The van der Waals surface area contributed by atoms with Crippen molar-refractivity contribution in [3.63, 3.8) is 0 Å². The molecule has 3 amide bonds. The molecule has 4 heterocycles. The average Bonchev–Trinajstić information content (AvgIpc) is 3.43. The normalized spacial score (nSPS) is 22.0. The number of benzene rings is 2. The van der Waals surface area contributed by atoms with Crippen LogP contribution in [-0.4, -0.2) is 57.7 Å². The van der Waals surface area contributed by atoms with Crippen LogP contribution in [-0.2, 0) is 22.7 Å². The molecule has 2 atom stereocenters. The van der Waals surface area contributed by atoms with E-state index in [9.17, 15) is 14.4 Å². The lowest BCUT2D eigenvalue weighted by atomic mass is 10.0. The second-order valence-electron chi connectivity index (χ2n) is 10.1. The van der Waals surface area contributed by atoms with Crippen LogP contribution in [0.5, 0.6) is 5.75 Å². The standard InChI is InChI=1S/C28H27ClN4O4/c1-16-10-23(29)22-11-17(2-5-24(22)30-16)13-32-9-8-20(15-32)37-19-3-4-21-18(12-19)14-33(28(21)36)25-6-7-26(34)31-27(25)35/h2-5,10-12,20,25H,6-9,13-15H2,1H3,(H,31,34,35)/t20-,25?/m0/s1. The number of nitrogens with one attached hydrogen (secondary N) is 1. The van der Waals surface area contributed by atoms with Gasteiger partial charge in [0.25, 0.3) is 5.91 Å². The smallest absolute Gasteiger partial charge is 0.255 e. The van der Waals surface area contributed by atoms with Crippen molar-refractivity contribution >= 4 is 40.2 Å². The van der Waals surface area contributed by atoms with Crippen LogP contribution in [0.3, 0.4) is 0 Å². The van der Waals surface area contributed by atoms with Crippen LogP contribution in [0.4, 0.5) is 0 Å².